The van der Waals surface area contributed by atoms with Crippen LogP contribution in [0.5, 0.6) is 0 Å². The van der Waals surface area contributed by atoms with Crippen LogP contribution in [0.2, 0.25) is 0 Å². The molecule has 18 heavy (non-hydrogen) atoms. The van der Waals surface area contributed by atoms with Gasteiger partial charge in [-0.05, 0) is 58.5 Å². The topological polar surface area (TPSA) is 23.5 Å². The van der Waals surface area contributed by atoms with Gasteiger partial charge in [0.15, 0.2) is 0 Å². The highest BCUT2D eigenvalue weighted by Gasteiger charge is 2.39. The Kier molecular flexibility index (Phi) is 5.08. The fourth-order valence-corrected chi connectivity index (χ4v) is 3.86. The first kappa shape index (κ1) is 14.3. The van der Waals surface area contributed by atoms with Crippen LogP contribution < -0.4 is 0 Å². The molecule has 1 N–H and O–H groups in total. The van der Waals surface area contributed by atoms with Crippen LogP contribution in [0.1, 0.15) is 71.6 Å². The summed E-state index contributed by atoms with van der Waals surface area (Å²) in [5.41, 5.74) is -0.0354. The van der Waals surface area contributed by atoms with Gasteiger partial charge in [-0.15, -0.1) is 0 Å². The van der Waals surface area contributed by atoms with Crippen LogP contribution in [-0.2, 0) is 0 Å². The van der Waals surface area contributed by atoms with Crippen molar-refractivity contribution in [2.24, 2.45) is 5.92 Å². The van der Waals surface area contributed by atoms with E-state index in [4.69, 9.17) is 0 Å². The number of rotatable bonds is 3. The lowest BCUT2D eigenvalue weighted by Gasteiger charge is -2.45. The lowest BCUT2D eigenvalue weighted by Crippen LogP contribution is -2.55. The van der Waals surface area contributed by atoms with Gasteiger partial charge >= 0.3 is 0 Å². The molecule has 0 spiro atoms. The monoisotopic (exact) mass is 253 g/mol. The molecule has 0 aromatic heterocycles. The van der Waals surface area contributed by atoms with Gasteiger partial charge in [0, 0.05) is 5.54 Å². The average molecular weight is 253 g/mol. The molecule has 1 aliphatic carbocycles. The van der Waals surface area contributed by atoms with E-state index in [0.717, 1.165) is 0 Å². The zero-order valence-corrected chi connectivity index (χ0v) is 12.3. The Morgan fingerprint density at radius 2 is 1.39 bits per heavy atom. The van der Waals surface area contributed by atoms with Crippen LogP contribution in [0.4, 0.5) is 0 Å². The largest absolute Gasteiger partial charge is 0.391 e. The highest BCUT2D eigenvalue weighted by Crippen LogP contribution is 2.34. The predicted molar refractivity (Wildman–Crippen MR) is 76.7 cm³/mol. The molecule has 2 heteroatoms. The van der Waals surface area contributed by atoms with E-state index in [9.17, 15) is 5.11 Å². The van der Waals surface area contributed by atoms with Crippen LogP contribution in [-0.4, -0.2) is 34.7 Å². The minimum absolute atomic E-state index is 0.0354. The first-order chi connectivity index (χ1) is 8.62. The molecule has 0 bridgehead atoms. The molecule has 0 aromatic rings. The molecule has 1 unspecified atom stereocenters. The summed E-state index contributed by atoms with van der Waals surface area (Å²) in [6.07, 6.45) is 11.7. The number of aliphatic hydroxyl groups is 1. The van der Waals surface area contributed by atoms with E-state index in [2.05, 4.69) is 18.7 Å². The summed E-state index contributed by atoms with van der Waals surface area (Å²) in [6.45, 7) is 6.88. The number of hydrogen-bond acceptors (Lipinski definition) is 2. The predicted octanol–water partition coefficient (Wildman–Crippen LogP) is 3.58. The Labute approximate surface area is 113 Å². The Morgan fingerprint density at radius 3 is 1.94 bits per heavy atom. The van der Waals surface area contributed by atoms with Gasteiger partial charge in [0.2, 0.25) is 0 Å². The highest BCUT2D eigenvalue weighted by atomic mass is 16.3. The van der Waals surface area contributed by atoms with Crippen LogP contribution in [0.25, 0.3) is 0 Å². The minimum atomic E-state index is -0.143. The average Bonchev–Trinajstić information content (AvgIpc) is 2.68. The Bertz CT molecular complexity index is 237. The maximum atomic E-state index is 10.8. The zero-order valence-electron chi connectivity index (χ0n) is 12.3. The van der Waals surface area contributed by atoms with Gasteiger partial charge < -0.3 is 5.11 Å². The third kappa shape index (κ3) is 3.27. The standard InChI is InChI=1S/C16H31NO/c1-16(2,17-12-8-3-4-9-13-17)15(18)14-10-6-5-7-11-14/h14-15,18H,3-13H2,1-2H3. The molecule has 1 aliphatic heterocycles. The second-order valence-electron chi connectivity index (χ2n) is 6.90. The first-order valence-corrected chi connectivity index (χ1v) is 8.05. The van der Waals surface area contributed by atoms with Gasteiger partial charge in [-0.1, -0.05) is 32.1 Å². The van der Waals surface area contributed by atoms with Crippen molar-refractivity contribution in [2.45, 2.75) is 83.3 Å². The summed E-state index contributed by atoms with van der Waals surface area (Å²) in [6, 6.07) is 0. The van der Waals surface area contributed by atoms with E-state index >= 15 is 0 Å². The van der Waals surface area contributed by atoms with Gasteiger partial charge in [0.05, 0.1) is 6.10 Å². The SMILES string of the molecule is CC(C)(C(O)C1CCCCC1)N1CCCCCC1. The molecule has 1 heterocycles. The van der Waals surface area contributed by atoms with E-state index in [0.29, 0.717) is 5.92 Å². The minimum Gasteiger partial charge on any atom is -0.391 e. The quantitative estimate of drug-likeness (QED) is 0.831. The summed E-state index contributed by atoms with van der Waals surface area (Å²) in [5, 5.41) is 10.8. The first-order valence-electron chi connectivity index (χ1n) is 8.05. The molecule has 106 valence electrons. The number of hydrogen-bond donors (Lipinski definition) is 1. The lowest BCUT2D eigenvalue weighted by molar-refractivity contribution is -0.0495. The van der Waals surface area contributed by atoms with Gasteiger partial charge in [-0.25, -0.2) is 0 Å². The molecule has 2 aliphatic rings. The molecule has 0 radical (unpaired) electrons. The second kappa shape index (κ2) is 6.38. The van der Waals surface area contributed by atoms with Crippen molar-refractivity contribution in [2.75, 3.05) is 13.1 Å². The summed E-state index contributed by atoms with van der Waals surface area (Å²) in [7, 11) is 0. The van der Waals surface area contributed by atoms with Crippen molar-refractivity contribution >= 4 is 0 Å². The van der Waals surface area contributed by atoms with Crippen LogP contribution in [0, 0.1) is 5.92 Å². The van der Waals surface area contributed by atoms with E-state index in [1.165, 1.54) is 70.9 Å². The van der Waals surface area contributed by atoms with Crippen molar-refractivity contribution in [3.63, 3.8) is 0 Å². The molecule has 2 nitrogen and oxygen atoms in total. The normalized spacial score (nSPS) is 26.8. The smallest absolute Gasteiger partial charge is 0.0746 e. The van der Waals surface area contributed by atoms with Crippen molar-refractivity contribution < 1.29 is 5.11 Å². The van der Waals surface area contributed by atoms with E-state index in [-0.39, 0.29) is 11.6 Å². The number of nitrogens with zero attached hydrogens (tertiary/aromatic N) is 1. The molecule has 2 fully saturated rings. The Hall–Kier alpha value is -0.0800. The van der Waals surface area contributed by atoms with Crippen molar-refractivity contribution in [1.29, 1.82) is 0 Å². The lowest BCUT2D eigenvalue weighted by atomic mass is 9.77. The number of aliphatic hydroxyl groups excluding tert-OH is 1. The summed E-state index contributed by atoms with van der Waals surface area (Å²) in [5.74, 6) is 0.539. The molecule has 0 amide bonds. The summed E-state index contributed by atoms with van der Waals surface area (Å²) in [4.78, 5) is 2.55. The third-order valence-electron chi connectivity index (χ3n) is 5.24. The fourth-order valence-electron chi connectivity index (χ4n) is 3.86. The maximum Gasteiger partial charge on any atom is 0.0746 e. The zero-order chi connectivity index (χ0) is 13.0. The van der Waals surface area contributed by atoms with E-state index < -0.39 is 0 Å². The van der Waals surface area contributed by atoms with Gasteiger partial charge in [-0.2, -0.15) is 0 Å². The Morgan fingerprint density at radius 1 is 0.889 bits per heavy atom. The molecule has 1 atom stereocenters. The van der Waals surface area contributed by atoms with Crippen molar-refractivity contribution in [3.8, 4) is 0 Å². The highest BCUT2D eigenvalue weighted by molar-refractivity contribution is 4.93. The van der Waals surface area contributed by atoms with Crippen LogP contribution >= 0.6 is 0 Å². The van der Waals surface area contributed by atoms with Gasteiger partial charge in [0.1, 0.15) is 0 Å². The van der Waals surface area contributed by atoms with Crippen LogP contribution in [0.15, 0.2) is 0 Å². The summed E-state index contributed by atoms with van der Waals surface area (Å²) >= 11 is 0. The van der Waals surface area contributed by atoms with Gasteiger partial charge in [-0.3, -0.25) is 4.90 Å². The second-order valence-corrected chi connectivity index (χ2v) is 6.90. The maximum absolute atomic E-state index is 10.8. The fraction of sp³-hybridized carbons (Fsp3) is 1.00. The molecule has 1 saturated heterocycles. The van der Waals surface area contributed by atoms with E-state index in [1.54, 1.807) is 0 Å². The molecular formula is C16H31NO. The van der Waals surface area contributed by atoms with E-state index in [1.807, 2.05) is 0 Å². The molecule has 2 rings (SSSR count). The third-order valence-corrected chi connectivity index (χ3v) is 5.24. The summed E-state index contributed by atoms with van der Waals surface area (Å²) < 4.78 is 0. The molecular weight excluding hydrogens is 222 g/mol. The van der Waals surface area contributed by atoms with Crippen molar-refractivity contribution in [1.82, 2.24) is 4.90 Å². The molecule has 1 saturated carbocycles. The molecule has 0 aromatic carbocycles. The van der Waals surface area contributed by atoms with Crippen LogP contribution in [0.3, 0.4) is 0 Å². The van der Waals surface area contributed by atoms with Gasteiger partial charge in [0.25, 0.3) is 0 Å². The van der Waals surface area contributed by atoms with Crippen molar-refractivity contribution in [3.05, 3.63) is 0 Å². The Balaban J connectivity index is 1.98. The number of likely N-dealkylation sites (tertiary alicyclic amines) is 1.